The molecule has 0 unspecified atom stereocenters. The van der Waals surface area contributed by atoms with Crippen molar-refractivity contribution in [1.29, 1.82) is 0 Å². The van der Waals surface area contributed by atoms with E-state index in [1.807, 2.05) is 43.3 Å². The largest absolute Gasteiger partial charge is 0.477 e. The number of nitrogens with zero attached hydrogens (tertiary/aromatic N) is 1. The van der Waals surface area contributed by atoms with E-state index in [9.17, 15) is 14.7 Å². The molecule has 1 amide bonds. The molecule has 0 bridgehead atoms. The van der Waals surface area contributed by atoms with Gasteiger partial charge in [0.1, 0.15) is 4.88 Å². The topological polar surface area (TPSA) is 69.6 Å². The van der Waals surface area contributed by atoms with Crippen molar-refractivity contribution in [3.8, 4) is 10.4 Å². The highest BCUT2D eigenvalue weighted by molar-refractivity contribution is 7.18. The Hall–Kier alpha value is -2.18. The van der Waals surface area contributed by atoms with Crippen LogP contribution in [0.25, 0.3) is 10.4 Å². The third-order valence-electron chi connectivity index (χ3n) is 3.65. The highest BCUT2D eigenvalue weighted by Crippen LogP contribution is 2.38. The second kappa shape index (κ2) is 5.90. The lowest BCUT2D eigenvalue weighted by atomic mass is 10.1. The standard InChI is InChI=1S/C16H16N2O3S/c1-10-8-17-9-14(19)18(10)12-7-13(22-15(12)16(20)21)11-5-3-2-4-6-11/h2-7,10,17H,8-9H2,1H3,(H,20,21)/t10-/m1/s1. The fourth-order valence-corrected chi connectivity index (χ4v) is 3.63. The van der Waals surface area contributed by atoms with E-state index >= 15 is 0 Å². The van der Waals surface area contributed by atoms with Gasteiger partial charge < -0.3 is 15.3 Å². The third kappa shape index (κ3) is 2.63. The Morgan fingerprint density at radius 2 is 2.09 bits per heavy atom. The summed E-state index contributed by atoms with van der Waals surface area (Å²) in [6, 6.07) is 11.3. The van der Waals surface area contributed by atoms with Gasteiger partial charge in [0.05, 0.1) is 12.2 Å². The number of piperazine rings is 1. The van der Waals surface area contributed by atoms with Crippen molar-refractivity contribution in [3.63, 3.8) is 0 Å². The number of carboxylic acid groups (broad SMARTS) is 1. The number of aromatic carboxylic acids is 1. The van der Waals surface area contributed by atoms with Crippen LogP contribution in [0.15, 0.2) is 36.4 Å². The van der Waals surface area contributed by atoms with Crippen LogP contribution in [0.5, 0.6) is 0 Å². The van der Waals surface area contributed by atoms with E-state index < -0.39 is 5.97 Å². The number of anilines is 1. The zero-order valence-corrected chi connectivity index (χ0v) is 12.9. The van der Waals surface area contributed by atoms with E-state index in [4.69, 9.17) is 0 Å². The first-order valence-corrected chi connectivity index (χ1v) is 7.85. The average Bonchev–Trinajstić information content (AvgIpc) is 2.93. The third-order valence-corrected chi connectivity index (χ3v) is 4.81. The molecule has 0 aliphatic carbocycles. The van der Waals surface area contributed by atoms with Crippen molar-refractivity contribution in [2.75, 3.05) is 18.0 Å². The first-order valence-electron chi connectivity index (χ1n) is 7.03. The van der Waals surface area contributed by atoms with Crippen LogP contribution in [-0.4, -0.2) is 36.1 Å². The molecule has 1 aliphatic rings. The predicted octanol–water partition coefficient (Wildman–Crippen LogP) is 2.44. The van der Waals surface area contributed by atoms with Crippen LogP contribution < -0.4 is 10.2 Å². The molecule has 0 spiro atoms. The molecule has 2 N–H and O–H groups in total. The number of hydrogen-bond acceptors (Lipinski definition) is 4. The summed E-state index contributed by atoms with van der Waals surface area (Å²) in [6.07, 6.45) is 0. The van der Waals surface area contributed by atoms with Gasteiger partial charge in [-0.25, -0.2) is 4.79 Å². The number of carboxylic acids is 1. The molecule has 2 heterocycles. The quantitative estimate of drug-likeness (QED) is 0.912. The maximum absolute atomic E-state index is 12.2. The van der Waals surface area contributed by atoms with Crippen molar-refractivity contribution < 1.29 is 14.7 Å². The summed E-state index contributed by atoms with van der Waals surface area (Å²) in [5, 5.41) is 12.5. The summed E-state index contributed by atoms with van der Waals surface area (Å²) < 4.78 is 0. The Morgan fingerprint density at radius 1 is 1.36 bits per heavy atom. The molecule has 1 saturated heterocycles. The summed E-state index contributed by atoms with van der Waals surface area (Å²) in [4.78, 5) is 26.4. The van der Waals surface area contributed by atoms with Gasteiger partial charge in [-0.2, -0.15) is 0 Å². The van der Waals surface area contributed by atoms with Crippen LogP contribution in [0.4, 0.5) is 5.69 Å². The fourth-order valence-electron chi connectivity index (χ4n) is 2.64. The second-order valence-electron chi connectivity index (χ2n) is 5.24. The van der Waals surface area contributed by atoms with Crippen molar-refractivity contribution in [1.82, 2.24) is 5.32 Å². The lowest BCUT2D eigenvalue weighted by Gasteiger charge is -2.33. The number of carbonyl (C=O) groups is 2. The normalized spacial score (nSPS) is 18.5. The minimum Gasteiger partial charge on any atom is -0.477 e. The molecule has 0 radical (unpaired) electrons. The van der Waals surface area contributed by atoms with Gasteiger partial charge in [0.2, 0.25) is 5.91 Å². The summed E-state index contributed by atoms with van der Waals surface area (Å²) in [6.45, 7) is 2.80. The Balaban J connectivity index is 2.08. The zero-order chi connectivity index (χ0) is 15.7. The Bertz CT molecular complexity index is 711. The van der Waals surface area contributed by atoms with Gasteiger partial charge in [-0.1, -0.05) is 30.3 Å². The molecule has 1 aromatic carbocycles. The maximum atomic E-state index is 12.2. The number of hydrogen-bond donors (Lipinski definition) is 2. The number of nitrogens with one attached hydrogen (secondary N) is 1. The predicted molar refractivity (Wildman–Crippen MR) is 86.5 cm³/mol. The Kier molecular flexibility index (Phi) is 3.96. The Labute approximate surface area is 132 Å². The minimum absolute atomic E-state index is 0.0717. The van der Waals surface area contributed by atoms with Gasteiger partial charge >= 0.3 is 5.97 Å². The first-order chi connectivity index (χ1) is 10.6. The van der Waals surface area contributed by atoms with Gasteiger partial charge in [0.25, 0.3) is 0 Å². The molecular weight excluding hydrogens is 300 g/mol. The van der Waals surface area contributed by atoms with Crippen molar-refractivity contribution >= 4 is 28.9 Å². The molecule has 1 fully saturated rings. The van der Waals surface area contributed by atoms with E-state index in [1.165, 1.54) is 11.3 Å². The van der Waals surface area contributed by atoms with Crippen LogP contribution in [0.2, 0.25) is 0 Å². The molecule has 3 rings (SSSR count). The van der Waals surface area contributed by atoms with Crippen LogP contribution in [-0.2, 0) is 4.79 Å². The van der Waals surface area contributed by atoms with Crippen LogP contribution >= 0.6 is 11.3 Å². The summed E-state index contributed by atoms with van der Waals surface area (Å²) in [5.74, 6) is -1.10. The maximum Gasteiger partial charge on any atom is 0.348 e. The summed E-state index contributed by atoms with van der Waals surface area (Å²) in [5.41, 5.74) is 1.45. The molecule has 5 nitrogen and oxygen atoms in total. The number of rotatable bonds is 3. The molecule has 114 valence electrons. The van der Waals surface area contributed by atoms with Gasteiger partial charge in [-0.05, 0) is 18.6 Å². The van der Waals surface area contributed by atoms with Crippen molar-refractivity contribution in [3.05, 3.63) is 41.3 Å². The molecule has 1 atom stereocenters. The van der Waals surface area contributed by atoms with E-state index in [0.717, 1.165) is 10.4 Å². The van der Waals surface area contributed by atoms with Crippen LogP contribution in [0.1, 0.15) is 16.6 Å². The summed E-state index contributed by atoms with van der Waals surface area (Å²) >= 11 is 1.20. The molecular formula is C16H16N2O3S. The van der Waals surface area contributed by atoms with E-state index in [1.54, 1.807) is 4.90 Å². The highest BCUT2D eigenvalue weighted by atomic mass is 32.1. The monoisotopic (exact) mass is 316 g/mol. The molecule has 2 aromatic rings. The molecule has 1 aliphatic heterocycles. The van der Waals surface area contributed by atoms with Crippen molar-refractivity contribution in [2.45, 2.75) is 13.0 Å². The van der Waals surface area contributed by atoms with Crippen LogP contribution in [0, 0.1) is 0 Å². The van der Waals surface area contributed by atoms with Gasteiger partial charge in [-0.3, -0.25) is 4.79 Å². The van der Waals surface area contributed by atoms with Gasteiger partial charge in [0.15, 0.2) is 0 Å². The highest BCUT2D eigenvalue weighted by Gasteiger charge is 2.31. The van der Waals surface area contributed by atoms with Crippen molar-refractivity contribution in [2.24, 2.45) is 0 Å². The van der Waals surface area contributed by atoms with Gasteiger partial charge in [0, 0.05) is 17.5 Å². The molecule has 6 heteroatoms. The van der Waals surface area contributed by atoms with Crippen LogP contribution in [0.3, 0.4) is 0 Å². The van der Waals surface area contributed by atoms with E-state index in [0.29, 0.717) is 12.2 Å². The van der Waals surface area contributed by atoms with E-state index in [2.05, 4.69) is 5.32 Å². The lowest BCUT2D eigenvalue weighted by molar-refractivity contribution is -0.119. The zero-order valence-electron chi connectivity index (χ0n) is 12.1. The first kappa shape index (κ1) is 14.7. The fraction of sp³-hybridized carbons (Fsp3) is 0.250. The number of carbonyl (C=O) groups excluding carboxylic acids is 1. The smallest absolute Gasteiger partial charge is 0.348 e. The SMILES string of the molecule is C[C@@H]1CNCC(=O)N1c1cc(-c2ccccc2)sc1C(=O)O. The number of thiophene rings is 1. The minimum atomic E-state index is -0.999. The van der Waals surface area contributed by atoms with Gasteiger partial charge in [-0.15, -0.1) is 11.3 Å². The number of benzene rings is 1. The Morgan fingerprint density at radius 3 is 2.73 bits per heavy atom. The number of amides is 1. The lowest BCUT2D eigenvalue weighted by Crippen LogP contribution is -2.54. The molecule has 22 heavy (non-hydrogen) atoms. The molecule has 0 saturated carbocycles. The van der Waals surface area contributed by atoms with E-state index in [-0.39, 0.29) is 23.4 Å². The second-order valence-corrected chi connectivity index (χ2v) is 6.29. The average molecular weight is 316 g/mol. The molecule has 1 aromatic heterocycles. The summed E-state index contributed by atoms with van der Waals surface area (Å²) in [7, 11) is 0.